The standard InChI is InChI=1S/C14H16ClNO3/c15-12-5-2-1-4-9(12)10-8-11(10)14(19)16-7-3-6-13(17)18/h1-2,4-5,10-11H,3,6-8H2,(H,16,19)(H,17,18)/t10-,11+/m0/s1. The van der Waals surface area contributed by atoms with Crippen LogP contribution < -0.4 is 5.32 Å². The Kier molecular flexibility index (Phi) is 4.43. The quantitative estimate of drug-likeness (QED) is 0.787. The first-order chi connectivity index (χ1) is 9.09. The Morgan fingerprint density at radius 1 is 1.37 bits per heavy atom. The molecule has 0 spiro atoms. The van der Waals surface area contributed by atoms with Gasteiger partial charge in [0.2, 0.25) is 5.91 Å². The van der Waals surface area contributed by atoms with Crippen LogP contribution in [0.15, 0.2) is 24.3 Å². The lowest BCUT2D eigenvalue weighted by atomic mass is 10.1. The van der Waals surface area contributed by atoms with Crippen molar-refractivity contribution in [1.82, 2.24) is 5.32 Å². The van der Waals surface area contributed by atoms with Gasteiger partial charge in [-0.05, 0) is 30.4 Å². The Balaban J connectivity index is 1.78. The average molecular weight is 282 g/mol. The summed E-state index contributed by atoms with van der Waals surface area (Å²) >= 11 is 6.09. The van der Waals surface area contributed by atoms with E-state index >= 15 is 0 Å². The molecule has 1 saturated carbocycles. The molecule has 102 valence electrons. The monoisotopic (exact) mass is 281 g/mol. The van der Waals surface area contributed by atoms with E-state index in [1.165, 1.54) is 0 Å². The molecule has 4 nitrogen and oxygen atoms in total. The molecule has 1 aliphatic rings. The summed E-state index contributed by atoms with van der Waals surface area (Å²) in [6.07, 6.45) is 1.36. The second-order valence-corrected chi connectivity index (χ2v) is 5.17. The van der Waals surface area contributed by atoms with Gasteiger partial charge in [-0.3, -0.25) is 9.59 Å². The summed E-state index contributed by atoms with van der Waals surface area (Å²) in [4.78, 5) is 22.2. The van der Waals surface area contributed by atoms with Crippen molar-refractivity contribution in [3.63, 3.8) is 0 Å². The first-order valence-electron chi connectivity index (χ1n) is 6.33. The van der Waals surface area contributed by atoms with Crippen LogP contribution in [0, 0.1) is 5.92 Å². The zero-order valence-electron chi connectivity index (χ0n) is 10.4. The van der Waals surface area contributed by atoms with Crippen molar-refractivity contribution >= 4 is 23.5 Å². The second-order valence-electron chi connectivity index (χ2n) is 4.76. The highest BCUT2D eigenvalue weighted by Crippen LogP contribution is 2.49. The van der Waals surface area contributed by atoms with Gasteiger partial charge in [0.15, 0.2) is 0 Å². The Labute approximate surface area is 116 Å². The van der Waals surface area contributed by atoms with E-state index in [0.717, 1.165) is 12.0 Å². The van der Waals surface area contributed by atoms with E-state index < -0.39 is 5.97 Å². The van der Waals surface area contributed by atoms with Gasteiger partial charge < -0.3 is 10.4 Å². The fourth-order valence-electron chi connectivity index (χ4n) is 2.19. The summed E-state index contributed by atoms with van der Waals surface area (Å²) < 4.78 is 0. The van der Waals surface area contributed by atoms with Crippen LogP contribution in [0.1, 0.15) is 30.7 Å². The lowest BCUT2D eigenvalue weighted by molar-refractivity contribution is -0.137. The van der Waals surface area contributed by atoms with Crippen LogP contribution in [0.25, 0.3) is 0 Å². The van der Waals surface area contributed by atoms with Gasteiger partial charge in [0.05, 0.1) is 0 Å². The second kappa shape index (κ2) is 6.06. The number of rotatable bonds is 6. The molecule has 0 aromatic heterocycles. The predicted molar refractivity (Wildman–Crippen MR) is 72.2 cm³/mol. The minimum atomic E-state index is -0.838. The highest BCUT2D eigenvalue weighted by molar-refractivity contribution is 6.31. The third-order valence-electron chi connectivity index (χ3n) is 3.30. The number of carbonyl (C=O) groups is 2. The molecule has 2 N–H and O–H groups in total. The van der Waals surface area contributed by atoms with E-state index in [2.05, 4.69) is 5.32 Å². The summed E-state index contributed by atoms with van der Waals surface area (Å²) in [6.45, 7) is 0.414. The topological polar surface area (TPSA) is 66.4 Å². The molecule has 0 saturated heterocycles. The minimum absolute atomic E-state index is 0.00434. The smallest absolute Gasteiger partial charge is 0.303 e. The molecule has 0 heterocycles. The summed E-state index contributed by atoms with van der Waals surface area (Å²) in [5, 5.41) is 12.0. The number of hydrogen-bond donors (Lipinski definition) is 2. The van der Waals surface area contributed by atoms with Crippen LogP contribution in [0.2, 0.25) is 5.02 Å². The molecular weight excluding hydrogens is 266 g/mol. The van der Waals surface area contributed by atoms with Gasteiger partial charge in [0, 0.05) is 23.9 Å². The SMILES string of the molecule is O=C(O)CCCNC(=O)[C@@H]1C[C@H]1c1ccccc1Cl. The van der Waals surface area contributed by atoms with Gasteiger partial charge in [0.25, 0.3) is 0 Å². The molecule has 19 heavy (non-hydrogen) atoms. The van der Waals surface area contributed by atoms with Gasteiger partial charge in [-0.15, -0.1) is 0 Å². The molecule has 1 fully saturated rings. The Hall–Kier alpha value is -1.55. The number of nitrogens with one attached hydrogen (secondary N) is 1. The fraction of sp³-hybridized carbons (Fsp3) is 0.429. The van der Waals surface area contributed by atoms with Gasteiger partial charge in [0.1, 0.15) is 0 Å². The highest BCUT2D eigenvalue weighted by atomic mass is 35.5. The number of aliphatic carboxylic acids is 1. The van der Waals surface area contributed by atoms with Crippen molar-refractivity contribution in [3.05, 3.63) is 34.9 Å². The average Bonchev–Trinajstić information content (AvgIpc) is 3.15. The van der Waals surface area contributed by atoms with Crippen molar-refractivity contribution in [2.24, 2.45) is 5.92 Å². The molecular formula is C14H16ClNO3. The molecule has 0 bridgehead atoms. The predicted octanol–water partition coefficient (Wildman–Crippen LogP) is 2.42. The first kappa shape index (κ1) is 13.9. The summed E-state index contributed by atoms with van der Waals surface area (Å²) in [7, 11) is 0. The molecule has 5 heteroatoms. The highest BCUT2D eigenvalue weighted by Gasteiger charge is 2.44. The van der Waals surface area contributed by atoms with Crippen molar-refractivity contribution in [2.45, 2.75) is 25.2 Å². The number of amides is 1. The van der Waals surface area contributed by atoms with E-state index in [1.54, 1.807) is 0 Å². The lowest BCUT2D eigenvalue weighted by Gasteiger charge is -2.05. The summed E-state index contributed by atoms with van der Waals surface area (Å²) in [5.74, 6) is -0.664. The van der Waals surface area contributed by atoms with E-state index in [1.807, 2.05) is 24.3 Å². The Morgan fingerprint density at radius 2 is 2.11 bits per heavy atom. The molecule has 1 amide bonds. The molecule has 1 aromatic rings. The molecule has 0 radical (unpaired) electrons. The van der Waals surface area contributed by atoms with E-state index in [9.17, 15) is 9.59 Å². The van der Waals surface area contributed by atoms with Gasteiger partial charge in [-0.25, -0.2) is 0 Å². The number of carboxylic acid groups (broad SMARTS) is 1. The molecule has 0 unspecified atom stereocenters. The van der Waals surface area contributed by atoms with Gasteiger partial charge >= 0.3 is 5.97 Å². The van der Waals surface area contributed by atoms with Crippen LogP contribution in [-0.4, -0.2) is 23.5 Å². The third-order valence-corrected chi connectivity index (χ3v) is 3.64. The fourth-order valence-corrected chi connectivity index (χ4v) is 2.46. The zero-order valence-corrected chi connectivity index (χ0v) is 11.2. The number of halogens is 1. The molecule has 2 rings (SSSR count). The molecule has 1 aromatic carbocycles. The Bertz CT molecular complexity index is 489. The normalized spacial score (nSPS) is 20.9. The van der Waals surface area contributed by atoms with Crippen molar-refractivity contribution < 1.29 is 14.7 Å². The van der Waals surface area contributed by atoms with Crippen LogP contribution >= 0.6 is 11.6 Å². The van der Waals surface area contributed by atoms with Crippen LogP contribution in [0.3, 0.4) is 0 Å². The van der Waals surface area contributed by atoms with Crippen LogP contribution in [0.5, 0.6) is 0 Å². The van der Waals surface area contributed by atoms with Gasteiger partial charge in [-0.1, -0.05) is 29.8 Å². The maximum Gasteiger partial charge on any atom is 0.303 e. The van der Waals surface area contributed by atoms with Crippen LogP contribution in [0.4, 0.5) is 0 Å². The largest absolute Gasteiger partial charge is 0.481 e. The Morgan fingerprint density at radius 3 is 2.79 bits per heavy atom. The van der Waals surface area contributed by atoms with Crippen LogP contribution in [-0.2, 0) is 9.59 Å². The number of carboxylic acids is 1. The summed E-state index contributed by atoms with van der Waals surface area (Å²) in [6, 6.07) is 7.57. The van der Waals surface area contributed by atoms with E-state index in [-0.39, 0.29) is 24.2 Å². The minimum Gasteiger partial charge on any atom is -0.481 e. The maximum absolute atomic E-state index is 11.8. The molecule has 2 atom stereocenters. The van der Waals surface area contributed by atoms with Crippen molar-refractivity contribution in [1.29, 1.82) is 0 Å². The maximum atomic E-state index is 11.8. The number of carbonyl (C=O) groups excluding carboxylic acids is 1. The third kappa shape index (κ3) is 3.70. The van der Waals surface area contributed by atoms with E-state index in [0.29, 0.717) is 18.0 Å². The summed E-state index contributed by atoms with van der Waals surface area (Å²) in [5.41, 5.74) is 1.02. The molecule has 1 aliphatic carbocycles. The number of hydrogen-bond acceptors (Lipinski definition) is 2. The van der Waals surface area contributed by atoms with Crippen molar-refractivity contribution in [3.8, 4) is 0 Å². The number of benzene rings is 1. The first-order valence-corrected chi connectivity index (χ1v) is 6.71. The van der Waals surface area contributed by atoms with Crippen molar-refractivity contribution in [2.75, 3.05) is 6.54 Å². The van der Waals surface area contributed by atoms with E-state index in [4.69, 9.17) is 16.7 Å². The van der Waals surface area contributed by atoms with Gasteiger partial charge in [-0.2, -0.15) is 0 Å². The molecule has 0 aliphatic heterocycles. The zero-order chi connectivity index (χ0) is 13.8. The lowest BCUT2D eigenvalue weighted by Crippen LogP contribution is -2.26.